The van der Waals surface area contributed by atoms with Gasteiger partial charge in [0.25, 0.3) is 5.69 Å². The lowest BCUT2D eigenvalue weighted by Gasteiger charge is -2.05. The number of nitro groups is 1. The minimum atomic E-state index is -1.35. The van der Waals surface area contributed by atoms with Crippen molar-refractivity contribution in [2.75, 3.05) is 11.1 Å². The van der Waals surface area contributed by atoms with E-state index in [9.17, 15) is 24.1 Å². The summed E-state index contributed by atoms with van der Waals surface area (Å²) in [6, 6.07) is 8.98. The maximum absolute atomic E-state index is 12.9. The molecule has 0 saturated heterocycles. The van der Waals surface area contributed by atoms with Gasteiger partial charge in [0, 0.05) is 17.8 Å². The summed E-state index contributed by atoms with van der Waals surface area (Å²) in [7, 11) is 0. The number of carbonyl (C=O) groups excluding carboxylic acids is 1. The second kappa shape index (κ2) is 9.63. The average molecular weight is 443 g/mol. The summed E-state index contributed by atoms with van der Waals surface area (Å²) in [5, 5.41) is 29.4. The normalized spacial score (nSPS) is 10.9. The van der Waals surface area contributed by atoms with Gasteiger partial charge in [-0.15, -0.1) is 5.10 Å². The molecule has 0 aliphatic carbocycles. The monoisotopic (exact) mass is 443 g/mol. The number of carbonyl (C=O) groups is 2. The van der Waals surface area contributed by atoms with Crippen molar-refractivity contribution in [2.45, 2.75) is 5.16 Å². The largest absolute Gasteiger partial charge is 0.478 e. The number of carboxylic acid groups (broad SMARTS) is 1. The van der Waals surface area contributed by atoms with E-state index in [1.807, 2.05) is 0 Å². The number of aromatic nitrogens is 3. The van der Waals surface area contributed by atoms with E-state index < -0.39 is 22.5 Å². The van der Waals surface area contributed by atoms with Gasteiger partial charge in [0.1, 0.15) is 11.6 Å². The zero-order valence-corrected chi connectivity index (χ0v) is 16.4. The highest BCUT2D eigenvalue weighted by Gasteiger charge is 2.15. The lowest BCUT2D eigenvalue weighted by Crippen LogP contribution is -2.15. The Morgan fingerprint density at radius 3 is 2.65 bits per heavy atom. The number of carboxylic acids is 1. The molecule has 1 amide bonds. The molecule has 0 aliphatic heterocycles. The van der Waals surface area contributed by atoms with Crippen LogP contribution in [0.2, 0.25) is 0 Å². The van der Waals surface area contributed by atoms with E-state index in [-0.39, 0.29) is 22.8 Å². The summed E-state index contributed by atoms with van der Waals surface area (Å²) in [5.41, 5.74) is -0.00252. The number of aromatic amines is 1. The van der Waals surface area contributed by atoms with Crippen LogP contribution in [0.15, 0.2) is 47.6 Å². The lowest BCUT2D eigenvalue weighted by atomic mass is 10.1. The summed E-state index contributed by atoms with van der Waals surface area (Å²) < 4.78 is 12.9. The van der Waals surface area contributed by atoms with E-state index >= 15 is 0 Å². The lowest BCUT2D eigenvalue weighted by molar-refractivity contribution is -0.384. The first-order chi connectivity index (χ1) is 14.8. The molecule has 2 aromatic carbocycles. The number of rotatable bonds is 8. The van der Waals surface area contributed by atoms with Gasteiger partial charge in [-0.1, -0.05) is 30.0 Å². The van der Waals surface area contributed by atoms with Crippen LogP contribution in [0.3, 0.4) is 0 Å². The van der Waals surface area contributed by atoms with Crippen molar-refractivity contribution in [3.05, 3.63) is 75.3 Å². The van der Waals surface area contributed by atoms with Crippen molar-refractivity contribution >= 4 is 47.2 Å². The third-order valence-corrected chi connectivity index (χ3v) is 4.62. The quantitative estimate of drug-likeness (QED) is 0.272. The molecule has 0 fully saturated rings. The number of nitrogens with zero attached hydrogens (tertiary/aromatic N) is 3. The summed E-state index contributed by atoms with van der Waals surface area (Å²) >= 11 is 1.01. The molecule has 0 bridgehead atoms. The minimum absolute atomic E-state index is 0.00453. The van der Waals surface area contributed by atoms with E-state index in [4.69, 9.17) is 5.11 Å². The molecule has 10 nitrogen and oxygen atoms in total. The van der Waals surface area contributed by atoms with Crippen molar-refractivity contribution in [2.24, 2.45) is 0 Å². The van der Waals surface area contributed by atoms with Crippen molar-refractivity contribution in [3.8, 4) is 0 Å². The SMILES string of the molecule is O=C(CSc1n[nH]c(/C=C/c2ccc(F)cc2)n1)Nc1cc(C(=O)O)cc([N+](=O)[O-])c1. The maximum Gasteiger partial charge on any atom is 0.336 e. The molecule has 0 radical (unpaired) electrons. The third-order valence-electron chi connectivity index (χ3n) is 3.78. The van der Waals surface area contributed by atoms with Gasteiger partial charge >= 0.3 is 5.97 Å². The molecule has 3 rings (SSSR count). The maximum atomic E-state index is 12.9. The first kappa shape index (κ1) is 21.6. The zero-order valence-electron chi connectivity index (χ0n) is 15.6. The Balaban J connectivity index is 1.58. The summed E-state index contributed by atoms with van der Waals surface area (Å²) in [4.78, 5) is 37.6. The predicted molar refractivity (Wildman–Crippen MR) is 111 cm³/mol. The zero-order chi connectivity index (χ0) is 22.4. The van der Waals surface area contributed by atoms with Gasteiger partial charge in [0.2, 0.25) is 11.1 Å². The minimum Gasteiger partial charge on any atom is -0.478 e. The van der Waals surface area contributed by atoms with Crippen molar-refractivity contribution in [3.63, 3.8) is 0 Å². The van der Waals surface area contributed by atoms with Gasteiger partial charge < -0.3 is 10.4 Å². The molecule has 0 aliphatic rings. The number of nitrogens with one attached hydrogen (secondary N) is 2. The van der Waals surface area contributed by atoms with Crippen LogP contribution in [0.1, 0.15) is 21.7 Å². The van der Waals surface area contributed by atoms with Gasteiger partial charge in [-0.2, -0.15) is 0 Å². The Morgan fingerprint density at radius 1 is 1.23 bits per heavy atom. The third kappa shape index (κ3) is 6.21. The van der Waals surface area contributed by atoms with E-state index in [2.05, 4.69) is 20.5 Å². The highest BCUT2D eigenvalue weighted by molar-refractivity contribution is 7.99. The second-order valence-electron chi connectivity index (χ2n) is 6.06. The number of non-ortho nitro benzene ring substituents is 1. The van der Waals surface area contributed by atoms with Gasteiger partial charge in [-0.3, -0.25) is 20.0 Å². The standard InChI is InChI=1S/C19H14FN5O5S/c20-13-4-1-11(2-5-13)3-6-16-22-19(24-23-16)31-10-17(26)21-14-7-12(18(27)28)8-15(9-14)25(29)30/h1-9H,10H2,(H,21,26)(H,27,28)(H,22,23,24)/b6-3+. The van der Waals surface area contributed by atoms with E-state index in [1.54, 1.807) is 24.3 Å². The highest BCUT2D eigenvalue weighted by Crippen LogP contribution is 2.22. The Bertz CT molecular complexity index is 1130. The van der Waals surface area contributed by atoms with Crippen LogP contribution in [0.25, 0.3) is 12.2 Å². The molecule has 0 saturated carbocycles. The fourth-order valence-corrected chi connectivity index (χ4v) is 2.99. The average Bonchev–Trinajstić information content (AvgIpc) is 3.19. The molecule has 158 valence electrons. The van der Waals surface area contributed by atoms with Crippen LogP contribution in [-0.2, 0) is 4.79 Å². The molecule has 1 aromatic heterocycles. The smallest absolute Gasteiger partial charge is 0.336 e. The van der Waals surface area contributed by atoms with Gasteiger partial charge in [-0.25, -0.2) is 14.2 Å². The van der Waals surface area contributed by atoms with Crippen LogP contribution in [-0.4, -0.2) is 42.8 Å². The van der Waals surface area contributed by atoms with Crippen molar-refractivity contribution in [1.29, 1.82) is 0 Å². The number of hydrogen-bond donors (Lipinski definition) is 3. The molecule has 3 N–H and O–H groups in total. The highest BCUT2D eigenvalue weighted by atomic mass is 32.2. The number of aromatic carboxylic acids is 1. The van der Waals surface area contributed by atoms with Crippen molar-refractivity contribution in [1.82, 2.24) is 15.2 Å². The Kier molecular flexibility index (Phi) is 6.72. The first-order valence-corrected chi connectivity index (χ1v) is 9.60. The van der Waals surface area contributed by atoms with Crippen LogP contribution < -0.4 is 5.32 Å². The Labute approximate surface area is 178 Å². The topological polar surface area (TPSA) is 151 Å². The van der Waals surface area contributed by atoms with Crippen LogP contribution in [0.4, 0.5) is 15.8 Å². The molecule has 12 heteroatoms. The number of benzene rings is 2. The fourth-order valence-electron chi connectivity index (χ4n) is 2.39. The number of nitro benzene ring substituents is 1. The Hall–Kier alpha value is -4.06. The molecular weight excluding hydrogens is 429 g/mol. The number of H-pyrrole nitrogens is 1. The number of thioether (sulfide) groups is 1. The molecule has 0 atom stereocenters. The summed E-state index contributed by atoms with van der Waals surface area (Å²) in [6.45, 7) is 0. The van der Waals surface area contributed by atoms with Crippen LogP contribution >= 0.6 is 11.8 Å². The van der Waals surface area contributed by atoms with E-state index in [1.165, 1.54) is 12.1 Å². The van der Waals surface area contributed by atoms with E-state index in [0.29, 0.717) is 11.0 Å². The molecule has 0 unspecified atom stereocenters. The summed E-state index contributed by atoms with van der Waals surface area (Å²) in [5.74, 6) is -1.88. The molecular formula is C19H14FN5O5S. The first-order valence-electron chi connectivity index (χ1n) is 8.61. The van der Waals surface area contributed by atoms with Gasteiger partial charge in [0.15, 0.2) is 0 Å². The Morgan fingerprint density at radius 2 is 1.97 bits per heavy atom. The molecule has 1 heterocycles. The number of amides is 1. The predicted octanol–water partition coefficient (Wildman–Crippen LogP) is 3.45. The van der Waals surface area contributed by atoms with Crippen molar-refractivity contribution < 1.29 is 24.0 Å². The second-order valence-corrected chi connectivity index (χ2v) is 7.00. The molecule has 3 aromatic rings. The van der Waals surface area contributed by atoms with Gasteiger partial charge in [0.05, 0.1) is 16.2 Å². The number of hydrogen-bond acceptors (Lipinski definition) is 7. The van der Waals surface area contributed by atoms with Crippen LogP contribution in [0.5, 0.6) is 0 Å². The molecule has 31 heavy (non-hydrogen) atoms. The fraction of sp³-hybridized carbons (Fsp3) is 0.0526. The van der Waals surface area contributed by atoms with E-state index in [0.717, 1.165) is 35.5 Å². The van der Waals surface area contributed by atoms with Crippen LogP contribution in [0, 0.1) is 15.9 Å². The number of anilines is 1. The number of halogens is 1. The van der Waals surface area contributed by atoms with Gasteiger partial charge in [-0.05, 0) is 29.8 Å². The summed E-state index contributed by atoms with van der Waals surface area (Å²) in [6.07, 6.45) is 3.35. The molecule has 0 spiro atoms.